The summed E-state index contributed by atoms with van der Waals surface area (Å²) in [5.74, 6) is 2.00. The molecule has 0 bridgehead atoms. The Bertz CT molecular complexity index is 294. The third kappa shape index (κ3) is 3.26. The van der Waals surface area contributed by atoms with Crippen molar-refractivity contribution in [3.8, 4) is 6.07 Å². The molecule has 4 atom stereocenters. The van der Waals surface area contributed by atoms with E-state index >= 15 is 0 Å². The minimum atomic E-state index is 0.295. The molecule has 102 valence electrons. The van der Waals surface area contributed by atoms with Gasteiger partial charge in [0.1, 0.15) is 0 Å². The summed E-state index contributed by atoms with van der Waals surface area (Å²) < 4.78 is 0. The normalized spacial score (nSPS) is 38.3. The fraction of sp³-hybridized carbons (Fsp3) is 0.938. The van der Waals surface area contributed by atoms with Crippen molar-refractivity contribution < 1.29 is 0 Å². The van der Waals surface area contributed by atoms with Crippen LogP contribution in [0.15, 0.2) is 0 Å². The molecule has 0 spiro atoms. The Morgan fingerprint density at radius 3 is 2.78 bits per heavy atom. The van der Waals surface area contributed by atoms with Gasteiger partial charge in [-0.2, -0.15) is 5.26 Å². The molecule has 0 aromatic rings. The summed E-state index contributed by atoms with van der Waals surface area (Å²) in [6.07, 6.45) is 9.05. The maximum absolute atomic E-state index is 9.40. The topological polar surface area (TPSA) is 27.0 Å². The van der Waals surface area contributed by atoms with Crippen molar-refractivity contribution in [2.24, 2.45) is 17.8 Å². The lowest BCUT2D eigenvalue weighted by Gasteiger charge is -2.43. The largest absolute Gasteiger partial charge is 0.299 e. The highest BCUT2D eigenvalue weighted by Crippen LogP contribution is 2.36. The Kier molecular flexibility index (Phi) is 5.06. The Labute approximate surface area is 112 Å². The molecule has 2 rings (SSSR count). The minimum Gasteiger partial charge on any atom is -0.299 e. The van der Waals surface area contributed by atoms with E-state index < -0.39 is 0 Å². The van der Waals surface area contributed by atoms with E-state index in [9.17, 15) is 5.26 Å². The first-order valence-corrected chi connectivity index (χ1v) is 7.88. The number of piperidine rings is 1. The lowest BCUT2D eigenvalue weighted by Crippen LogP contribution is -2.48. The smallest absolute Gasteiger partial charge is 0.0672 e. The van der Waals surface area contributed by atoms with Gasteiger partial charge < -0.3 is 0 Å². The average molecular weight is 248 g/mol. The molecule has 0 aromatic heterocycles. The number of likely N-dealkylation sites (tertiary alicyclic amines) is 1. The van der Waals surface area contributed by atoms with Crippen molar-refractivity contribution in [2.45, 2.75) is 64.8 Å². The molecule has 1 saturated heterocycles. The van der Waals surface area contributed by atoms with Crippen LogP contribution >= 0.6 is 0 Å². The van der Waals surface area contributed by atoms with Crippen molar-refractivity contribution in [1.82, 2.24) is 4.90 Å². The summed E-state index contributed by atoms with van der Waals surface area (Å²) in [6.45, 7) is 7.10. The van der Waals surface area contributed by atoms with E-state index in [0.29, 0.717) is 12.0 Å². The van der Waals surface area contributed by atoms with Crippen molar-refractivity contribution in [3.05, 3.63) is 0 Å². The van der Waals surface area contributed by atoms with Crippen LogP contribution in [0.3, 0.4) is 0 Å². The van der Waals surface area contributed by atoms with Gasteiger partial charge in [0.05, 0.1) is 12.0 Å². The summed E-state index contributed by atoms with van der Waals surface area (Å²) in [7, 11) is 0. The monoisotopic (exact) mass is 248 g/mol. The fourth-order valence-electron chi connectivity index (χ4n) is 3.98. The van der Waals surface area contributed by atoms with E-state index in [0.717, 1.165) is 18.3 Å². The first-order chi connectivity index (χ1) is 8.74. The zero-order valence-corrected chi connectivity index (χ0v) is 12.1. The Morgan fingerprint density at radius 1 is 1.28 bits per heavy atom. The first-order valence-electron chi connectivity index (χ1n) is 7.88. The lowest BCUT2D eigenvalue weighted by atomic mass is 9.76. The zero-order chi connectivity index (χ0) is 13.0. The third-order valence-electron chi connectivity index (χ3n) is 4.95. The SMILES string of the molecule is CCCC1CCC(C#N)C(N2CCCC(C)C2)C1. The van der Waals surface area contributed by atoms with Gasteiger partial charge in [-0.25, -0.2) is 0 Å². The second kappa shape index (κ2) is 6.57. The highest BCUT2D eigenvalue weighted by atomic mass is 15.2. The lowest BCUT2D eigenvalue weighted by molar-refractivity contribution is 0.0628. The second-order valence-corrected chi connectivity index (χ2v) is 6.51. The van der Waals surface area contributed by atoms with Crippen LogP contribution in [0.25, 0.3) is 0 Å². The Hall–Kier alpha value is -0.550. The van der Waals surface area contributed by atoms with E-state index in [1.165, 1.54) is 51.6 Å². The van der Waals surface area contributed by atoms with Gasteiger partial charge in [-0.3, -0.25) is 4.90 Å². The molecule has 1 heterocycles. The molecule has 0 radical (unpaired) electrons. The molecule has 1 saturated carbocycles. The molecule has 0 N–H and O–H groups in total. The molecular weight excluding hydrogens is 220 g/mol. The molecule has 0 aromatic carbocycles. The minimum absolute atomic E-state index is 0.295. The number of hydrogen-bond acceptors (Lipinski definition) is 2. The predicted molar refractivity (Wildman–Crippen MR) is 75.1 cm³/mol. The molecule has 4 unspecified atom stereocenters. The van der Waals surface area contributed by atoms with Crippen molar-refractivity contribution in [1.29, 1.82) is 5.26 Å². The van der Waals surface area contributed by atoms with Crippen LogP contribution < -0.4 is 0 Å². The molecule has 2 heteroatoms. The average Bonchev–Trinajstić information content (AvgIpc) is 2.39. The zero-order valence-electron chi connectivity index (χ0n) is 12.1. The van der Waals surface area contributed by atoms with Crippen LogP contribution in [0, 0.1) is 29.1 Å². The molecule has 2 nitrogen and oxygen atoms in total. The fourth-order valence-corrected chi connectivity index (χ4v) is 3.98. The summed E-state index contributed by atoms with van der Waals surface area (Å²) in [6, 6.07) is 3.15. The standard InChI is InChI=1S/C16H28N2/c1-3-5-14-7-8-15(11-17)16(10-14)18-9-4-6-13(2)12-18/h13-16H,3-10,12H2,1-2H3. The van der Waals surface area contributed by atoms with Gasteiger partial charge in [0, 0.05) is 12.6 Å². The quantitative estimate of drug-likeness (QED) is 0.759. The Morgan fingerprint density at radius 2 is 2.11 bits per heavy atom. The second-order valence-electron chi connectivity index (χ2n) is 6.51. The van der Waals surface area contributed by atoms with Crippen molar-refractivity contribution in [2.75, 3.05) is 13.1 Å². The number of hydrogen-bond donors (Lipinski definition) is 0. The summed E-state index contributed by atoms with van der Waals surface area (Å²) in [5, 5.41) is 9.40. The molecular formula is C16H28N2. The van der Waals surface area contributed by atoms with Gasteiger partial charge in [-0.05, 0) is 50.5 Å². The highest BCUT2D eigenvalue weighted by Gasteiger charge is 2.35. The van der Waals surface area contributed by atoms with Crippen LogP contribution in [0.1, 0.15) is 58.8 Å². The molecule has 2 fully saturated rings. The van der Waals surface area contributed by atoms with E-state index in [1.54, 1.807) is 0 Å². The number of nitrogens with zero attached hydrogens (tertiary/aromatic N) is 2. The maximum atomic E-state index is 9.40. The Balaban J connectivity index is 1.99. The molecule has 18 heavy (non-hydrogen) atoms. The van der Waals surface area contributed by atoms with Gasteiger partial charge >= 0.3 is 0 Å². The van der Waals surface area contributed by atoms with E-state index in [4.69, 9.17) is 0 Å². The maximum Gasteiger partial charge on any atom is 0.0672 e. The van der Waals surface area contributed by atoms with Crippen molar-refractivity contribution in [3.63, 3.8) is 0 Å². The highest BCUT2D eigenvalue weighted by molar-refractivity contribution is 4.98. The van der Waals surface area contributed by atoms with Crippen LogP contribution in [-0.4, -0.2) is 24.0 Å². The van der Waals surface area contributed by atoms with Gasteiger partial charge in [-0.1, -0.05) is 26.7 Å². The number of nitriles is 1. The summed E-state index contributed by atoms with van der Waals surface area (Å²) >= 11 is 0. The number of rotatable bonds is 3. The van der Waals surface area contributed by atoms with Gasteiger partial charge in [0.25, 0.3) is 0 Å². The third-order valence-corrected chi connectivity index (χ3v) is 4.95. The van der Waals surface area contributed by atoms with E-state index in [-0.39, 0.29) is 0 Å². The van der Waals surface area contributed by atoms with Crippen LogP contribution in [-0.2, 0) is 0 Å². The van der Waals surface area contributed by atoms with E-state index in [1.807, 2.05) is 0 Å². The van der Waals surface area contributed by atoms with Crippen LogP contribution in [0.5, 0.6) is 0 Å². The van der Waals surface area contributed by atoms with Crippen LogP contribution in [0.4, 0.5) is 0 Å². The van der Waals surface area contributed by atoms with Crippen LogP contribution in [0.2, 0.25) is 0 Å². The van der Waals surface area contributed by atoms with Gasteiger partial charge in [0.2, 0.25) is 0 Å². The summed E-state index contributed by atoms with van der Waals surface area (Å²) in [5.41, 5.74) is 0. The molecule has 2 aliphatic rings. The van der Waals surface area contributed by atoms with Gasteiger partial charge in [-0.15, -0.1) is 0 Å². The molecule has 0 amide bonds. The van der Waals surface area contributed by atoms with E-state index in [2.05, 4.69) is 24.8 Å². The summed E-state index contributed by atoms with van der Waals surface area (Å²) in [4.78, 5) is 2.64. The van der Waals surface area contributed by atoms with Gasteiger partial charge in [0.15, 0.2) is 0 Å². The first kappa shape index (κ1) is 13.9. The molecule has 1 aliphatic heterocycles. The van der Waals surface area contributed by atoms with Crippen molar-refractivity contribution >= 4 is 0 Å². The predicted octanol–water partition coefficient (Wildman–Crippen LogP) is 3.83. The molecule has 1 aliphatic carbocycles.